The Morgan fingerprint density at radius 2 is 1.52 bits per heavy atom. The molecule has 0 saturated heterocycles. The molecule has 0 bridgehead atoms. The van der Waals surface area contributed by atoms with Gasteiger partial charge in [-0.3, -0.25) is 4.79 Å². The minimum atomic E-state index is -0.619. The number of fused-ring (bicyclic) bond motifs is 5. The molecular weight excluding hydrogens is 380 g/mol. The summed E-state index contributed by atoms with van der Waals surface area (Å²) in [6, 6.07) is 0. The molecule has 2 nitrogen and oxygen atoms in total. The zero-order chi connectivity index (χ0) is 22.6. The number of aliphatic carboxylic acids is 1. The third kappa shape index (κ3) is 5.35. The minimum absolute atomic E-state index is 0.364. The topological polar surface area (TPSA) is 37.3 Å². The number of carbonyl (C=O) groups is 1. The quantitative estimate of drug-likeness (QED) is 0.482. The molecule has 180 valence electrons. The molecule has 0 aliphatic heterocycles. The third-order valence-electron chi connectivity index (χ3n) is 10.6. The predicted molar refractivity (Wildman–Crippen MR) is 131 cm³/mol. The maximum Gasteiger partial charge on any atom is 0.303 e. The molecule has 2 heteroatoms. The lowest BCUT2D eigenvalue weighted by Gasteiger charge is -2.60. The van der Waals surface area contributed by atoms with Gasteiger partial charge in [-0.2, -0.15) is 0 Å². The minimum Gasteiger partial charge on any atom is -0.481 e. The van der Waals surface area contributed by atoms with E-state index in [0.717, 1.165) is 48.3 Å². The van der Waals surface area contributed by atoms with Crippen LogP contribution in [0.2, 0.25) is 0 Å². The summed E-state index contributed by atoms with van der Waals surface area (Å²) in [7, 11) is 0. The summed E-state index contributed by atoms with van der Waals surface area (Å²) in [5.41, 5.74) is 1.15. The van der Waals surface area contributed by atoms with Crippen LogP contribution in [0, 0.1) is 46.3 Å². The first-order chi connectivity index (χ1) is 14.8. The molecule has 0 heterocycles. The molecular formula is C29H52O2. The lowest BCUT2D eigenvalue weighted by Crippen LogP contribution is -2.52. The zero-order valence-electron chi connectivity index (χ0n) is 21.4. The van der Waals surface area contributed by atoms with Crippen LogP contribution in [0.4, 0.5) is 0 Å². The number of carboxylic acid groups (broad SMARTS) is 1. The van der Waals surface area contributed by atoms with Crippen molar-refractivity contribution in [3.63, 3.8) is 0 Å². The van der Waals surface area contributed by atoms with E-state index in [9.17, 15) is 4.79 Å². The maximum atomic E-state index is 10.9. The van der Waals surface area contributed by atoms with Gasteiger partial charge in [-0.25, -0.2) is 0 Å². The molecule has 5 saturated carbocycles. The van der Waals surface area contributed by atoms with Crippen molar-refractivity contribution < 1.29 is 9.90 Å². The third-order valence-corrected chi connectivity index (χ3v) is 10.6. The van der Waals surface area contributed by atoms with Gasteiger partial charge in [0.25, 0.3) is 0 Å². The lowest BCUT2D eigenvalue weighted by molar-refractivity contribution is -0.137. The fourth-order valence-electron chi connectivity index (χ4n) is 8.54. The molecule has 0 aromatic heterocycles. The van der Waals surface area contributed by atoms with Crippen LogP contribution in [-0.2, 0) is 4.79 Å². The van der Waals surface area contributed by atoms with Crippen LogP contribution in [0.3, 0.4) is 0 Å². The fraction of sp³-hybridized carbons (Fsp3) is 0.966. The van der Waals surface area contributed by atoms with Crippen LogP contribution in [0.25, 0.3) is 0 Å². The highest BCUT2D eigenvalue weighted by Gasteiger charge is 2.59. The number of carboxylic acids is 1. The lowest BCUT2D eigenvalue weighted by atomic mass is 9.45. The molecule has 5 rings (SSSR count). The van der Waals surface area contributed by atoms with E-state index in [1.54, 1.807) is 0 Å². The van der Waals surface area contributed by atoms with Gasteiger partial charge in [0.15, 0.2) is 0 Å². The van der Waals surface area contributed by atoms with Gasteiger partial charge in [0.2, 0.25) is 0 Å². The average molecular weight is 433 g/mol. The molecule has 1 N–H and O–H groups in total. The summed E-state index contributed by atoms with van der Waals surface area (Å²) in [6.45, 7) is 11.5. The zero-order valence-corrected chi connectivity index (χ0v) is 21.4. The maximum absolute atomic E-state index is 10.9. The SMILES string of the molecule is CC.CC12CCCCC1CCC1C2CCC2(C)C(CCCC(=O)O)CCC12.CC1CC1. The second-order valence-corrected chi connectivity index (χ2v) is 12.2. The Labute approximate surface area is 193 Å². The number of hydrogen-bond acceptors (Lipinski definition) is 1. The van der Waals surface area contributed by atoms with E-state index < -0.39 is 5.97 Å². The van der Waals surface area contributed by atoms with Crippen LogP contribution < -0.4 is 0 Å². The Bertz CT molecular complexity index is 581. The first-order valence-corrected chi connectivity index (χ1v) is 14.1. The molecule has 31 heavy (non-hydrogen) atoms. The van der Waals surface area contributed by atoms with Crippen LogP contribution in [0.5, 0.6) is 0 Å². The molecule has 7 unspecified atom stereocenters. The summed E-state index contributed by atoms with van der Waals surface area (Å²) < 4.78 is 0. The van der Waals surface area contributed by atoms with Crippen LogP contribution in [0.15, 0.2) is 0 Å². The molecule has 0 spiro atoms. The highest BCUT2D eigenvalue weighted by atomic mass is 16.4. The smallest absolute Gasteiger partial charge is 0.303 e. The molecule has 5 fully saturated rings. The highest BCUT2D eigenvalue weighted by Crippen LogP contribution is 2.67. The second kappa shape index (κ2) is 10.6. The Hall–Kier alpha value is -0.530. The highest BCUT2D eigenvalue weighted by molar-refractivity contribution is 5.66. The first kappa shape index (κ1) is 25.1. The van der Waals surface area contributed by atoms with E-state index in [0.29, 0.717) is 17.3 Å². The van der Waals surface area contributed by atoms with E-state index in [2.05, 4.69) is 20.8 Å². The van der Waals surface area contributed by atoms with Gasteiger partial charge in [0.05, 0.1) is 0 Å². The van der Waals surface area contributed by atoms with Crippen LogP contribution >= 0.6 is 0 Å². The number of hydrogen-bond donors (Lipinski definition) is 1. The van der Waals surface area contributed by atoms with Crippen molar-refractivity contribution in [2.75, 3.05) is 0 Å². The van der Waals surface area contributed by atoms with Crippen LogP contribution in [-0.4, -0.2) is 11.1 Å². The average Bonchev–Trinajstić information content (AvgIpc) is 3.46. The number of rotatable bonds is 4. The van der Waals surface area contributed by atoms with Crippen molar-refractivity contribution in [3.05, 3.63) is 0 Å². The van der Waals surface area contributed by atoms with E-state index >= 15 is 0 Å². The van der Waals surface area contributed by atoms with Crippen molar-refractivity contribution in [1.82, 2.24) is 0 Å². The monoisotopic (exact) mass is 432 g/mol. The Kier molecular flexibility index (Phi) is 8.58. The van der Waals surface area contributed by atoms with Gasteiger partial charge < -0.3 is 5.11 Å². The standard InChI is InChI=1S/C23H38O2.C4H8.C2H6/c1-22-14-4-3-6-16(22)9-11-18-19-12-10-17(7-5-8-21(24)25)23(19,2)15-13-20(18)22;1-4-2-3-4;1-2/h16-20H,3-15H2,1-2H3,(H,24,25);4H,2-3H2,1H3;1-2H3. The summed E-state index contributed by atoms with van der Waals surface area (Å²) >= 11 is 0. The molecule has 0 amide bonds. The first-order valence-electron chi connectivity index (χ1n) is 14.1. The molecule has 5 aliphatic carbocycles. The Balaban J connectivity index is 0.000000400. The predicted octanol–water partition coefficient (Wildman–Crippen LogP) is 8.73. The van der Waals surface area contributed by atoms with E-state index in [4.69, 9.17) is 5.11 Å². The van der Waals surface area contributed by atoms with Crippen molar-refractivity contribution in [3.8, 4) is 0 Å². The van der Waals surface area contributed by atoms with Crippen molar-refractivity contribution in [1.29, 1.82) is 0 Å². The molecule has 0 aromatic carbocycles. The summed E-state index contributed by atoms with van der Waals surface area (Å²) in [4.78, 5) is 10.9. The van der Waals surface area contributed by atoms with Gasteiger partial charge >= 0.3 is 5.97 Å². The molecule has 0 aromatic rings. The normalized spacial score (nSPS) is 43.2. The van der Waals surface area contributed by atoms with Crippen molar-refractivity contribution in [2.24, 2.45) is 46.3 Å². The largest absolute Gasteiger partial charge is 0.481 e. The van der Waals surface area contributed by atoms with Crippen molar-refractivity contribution in [2.45, 2.75) is 131 Å². The van der Waals surface area contributed by atoms with E-state index in [-0.39, 0.29) is 0 Å². The molecule has 0 radical (unpaired) electrons. The van der Waals surface area contributed by atoms with Gasteiger partial charge in [-0.05, 0) is 111 Å². The van der Waals surface area contributed by atoms with E-state index in [1.165, 1.54) is 77.0 Å². The van der Waals surface area contributed by atoms with Gasteiger partial charge in [-0.1, -0.05) is 60.3 Å². The van der Waals surface area contributed by atoms with Crippen molar-refractivity contribution >= 4 is 5.97 Å². The second-order valence-electron chi connectivity index (χ2n) is 12.2. The summed E-state index contributed by atoms with van der Waals surface area (Å²) in [6.07, 6.45) is 20.0. The van der Waals surface area contributed by atoms with Gasteiger partial charge in [0, 0.05) is 6.42 Å². The Morgan fingerprint density at radius 3 is 2.16 bits per heavy atom. The molecule has 7 atom stereocenters. The Morgan fingerprint density at radius 1 is 0.839 bits per heavy atom. The summed E-state index contributed by atoms with van der Waals surface area (Å²) in [5.74, 6) is 5.16. The van der Waals surface area contributed by atoms with Crippen LogP contribution in [0.1, 0.15) is 131 Å². The fourth-order valence-corrected chi connectivity index (χ4v) is 8.54. The van der Waals surface area contributed by atoms with Gasteiger partial charge in [-0.15, -0.1) is 0 Å². The van der Waals surface area contributed by atoms with Gasteiger partial charge in [0.1, 0.15) is 0 Å². The molecule has 5 aliphatic rings. The summed E-state index contributed by atoms with van der Waals surface area (Å²) in [5, 5.41) is 8.98. The van der Waals surface area contributed by atoms with E-state index in [1.807, 2.05) is 13.8 Å².